The predicted molar refractivity (Wildman–Crippen MR) is 155 cm³/mol. The molecule has 8 rings (SSSR count). The average Bonchev–Trinajstić information content (AvgIpc) is 3.41. The summed E-state index contributed by atoms with van der Waals surface area (Å²) in [6.07, 6.45) is 3.52. The van der Waals surface area contributed by atoms with E-state index in [4.69, 9.17) is 16.3 Å². The predicted octanol–water partition coefficient (Wildman–Crippen LogP) is 5.95. The zero-order valence-electron chi connectivity index (χ0n) is 21.4. The Morgan fingerprint density at radius 3 is 2.72 bits per heavy atom. The van der Waals surface area contributed by atoms with Crippen molar-refractivity contribution in [2.45, 2.75) is 49.0 Å². The first-order chi connectivity index (χ1) is 18.5. The number of halogens is 2. The van der Waals surface area contributed by atoms with Crippen LogP contribution in [0.3, 0.4) is 0 Å². The minimum Gasteiger partial charge on any atom is -0.504 e. The molecule has 1 saturated heterocycles. The summed E-state index contributed by atoms with van der Waals surface area (Å²) in [6.45, 7) is 6.17. The van der Waals surface area contributed by atoms with Crippen LogP contribution in [0.1, 0.15) is 40.5 Å². The number of likely N-dealkylation sites (tertiary alicyclic amines) is 1. The molecule has 39 heavy (non-hydrogen) atoms. The number of aromatic hydroxyl groups is 1. The molecule has 3 heterocycles. The van der Waals surface area contributed by atoms with Crippen molar-refractivity contribution in [2.75, 3.05) is 13.1 Å². The molecular formula is C32H30Cl2N2O3. The maximum atomic E-state index is 13.0. The van der Waals surface area contributed by atoms with Gasteiger partial charge in [-0.05, 0) is 47.7 Å². The highest BCUT2D eigenvalue weighted by atomic mass is 35.5. The van der Waals surface area contributed by atoms with Crippen LogP contribution < -0.4 is 4.74 Å². The van der Waals surface area contributed by atoms with Crippen LogP contribution in [0, 0.1) is 0 Å². The number of hydrogen-bond donors (Lipinski definition) is 2. The smallest absolute Gasteiger partial charge is 0.166 e. The van der Waals surface area contributed by atoms with Gasteiger partial charge in [-0.25, -0.2) is 0 Å². The van der Waals surface area contributed by atoms with Crippen LogP contribution in [-0.4, -0.2) is 44.4 Å². The van der Waals surface area contributed by atoms with Crippen molar-refractivity contribution in [3.05, 3.63) is 106 Å². The number of hydrogen-bond acceptors (Lipinski definition) is 4. The van der Waals surface area contributed by atoms with E-state index in [0.717, 1.165) is 64.2 Å². The fraction of sp³-hybridized carbons (Fsp3) is 0.312. The normalized spacial score (nSPS) is 27.8. The third kappa shape index (κ3) is 2.99. The van der Waals surface area contributed by atoms with Gasteiger partial charge in [0.25, 0.3) is 0 Å². The van der Waals surface area contributed by atoms with Crippen LogP contribution >= 0.6 is 24.0 Å². The quantitative estimate of drug-likeness (QED) is 0.303. The molecule has 2 bridgehead atoms. The maximum absolute atomic E-state index is 13.0. The molecule has 1 fully saturated rings. The Hall–Kier alpha value is -2.96. The number of piperidine rings is 1. The second-order valence-corrected chi connectivity index (χ2v) is 11.7. The van der Waals surface area contributed by atoms with Crippen molar-refractivity contribution >= 4 is 34.9 Å². The van der Waals surface area contributed by atoms with E-state index in [1.165, 1.54) is 5.56 Å². The van der Waals surface area contributed by atoms with Crippen LogP contribution in [0.25, 0.3) is 10.9 Å². The molecule has 0 saturated carbocycles. The van der Waals surface area contributed by atoms with E-state index in [2.05, 4.69) is 46.4 Å². The molecule has 0 unspecified atom stereocenters. The largest absolute Gasteiger partial charge is 0.504 e. The molecule has 4 aromatic rings. The van der Waals surface area contributed by atoms with Crippen molar-refractivity contribution in [3.8, 4) is 11.5 Å². The third-order valence-corrected chi connectivity index (χ3v) is 10.2. The van der Waals surface area contributed by atoms with Gasteiger partial charge in [0.05, 0.1) is 16.7 Å². The van der Waals surface area contributed by atoms with Gasteiger partial charge >= 0.3 is 0 Å². The number of aliphatic hydroxyl groups is 1. The number of ether oxygens (including phenoxy) is 1. The summed E-state index contributed by atoms with van der Waals surface area (Å²) >= 11 is 6.65. The molecule has 2 aliphatic carbocycles. The second-order valence-electron chi connectivity index (χ2n) is 11.3. The molecule has 2 N–H and O–H groups in total. The van der Waals surface area contributed by atoms with E-state index < -0.39 is 17.1 Å². The number of benzene rings is 3. The molecule has 2 aliphatic heterocycles. The molecule has 4 aliphatic rings. The standard InChI is InChI=1S/C32H29ClN2O3.ClH/c1-2-14-34-15-13-31-27-19-11-12-25(36)29(27)38-30(31)28-22(17-32(31,37)26(34)16-19)21-8-4-6-10-24(21)35(28)18-20-7-3-5-9-23(20)33;/h2-12,26,30,36-37H,1,13-18H2;1H/t26-,30+,31+,32-;/m1./s1. The molecule has 1 spiro atoms. The summed E-state index contributed by atoms with van der Waals surface area (Å²) in [7, 11) is 0. The third-order valence-electron chi connectivity index (χ3n) is 9.79. The lowest BCUT2D eigenvalue weighted by atomic mass is 9.49. The summed E-state index contributed by atoms with van der Waals surface area (Å²) in [6, 6.07) is 20.1. The fourth-order valence-electron chi connectivity index (χ4n) is 8.30. The summed E-state index contributed by atoms with van der Waals surface area (Å²) in [5.41, 5.74) is 4.87. The van der Waals surface area contributed by atoms with E-state index in [9.17, 15) is 10.2 Å². The molecule has 0 radical (unpaired) electrons. The number of aromatic nitrogens is 1. The van der Waals surface area contributed by atoms with Crippen molar-refractivity contribution in [1.82, 2.24) is 9.47 Å². The first-order valence-electron chi connectivity index (χ1n) is 13.4. The van der Waals surface area contributed by atoms with Gasteiger partial charge in [-0.2, -0.15) is 0 Å². The first kappa shape index (κ1) is 25.0. The molecule has 3 aromatic carbocycles. The Bertz CT molecular complexity index is 1660. The van der Waals surface area contributed by atoms with Crippen LogP contribution in [0.4, 0.5) is 0 Å². The minimum absolute atomic E-state index is 0. The second kappa shape index (κ2) is 8.52. The summed E-state index contributed by atoms with van der Waals surface area (Å²) < 4.78 is 9.17. The fourth-order valence-corrected chi connectivity index (χ4v) is 8.50. The number of fused-ring (bicyclic) bond motifs is 4. The van der Waals surface area contributed by atoms with Gasteiger partial charge in [0.2, 0.25) is 0 Å². The highest BCUT2D eigenvalue weighted by molar-refractivity contribution is 6.31. The highest BCUT2D eigenvalue weighted by Gasteiger charge is 2.73. The Kier molecular flexibility index (Phi) is 5.47. The number of nitrogens with zero attached hydrogens (tertiary/aromatic N) is 2. The number of para-hydroxylation sites is 1. The molecule has 5 nitrogen and oxygen atoms in total. The highest BCUT2D eigenvalue weighted by Crippen LogP contribution is 2.69. The molecule has 7 heteroatoms. The van der Waals surface area contributed by atoms with Crippen molar-refractivity contribution in [2.24, 2.45) is 0 Å². The Balaban J connectivity index is 0.00000253. The summed E-state index contributed by atoms with van der Waals surface area (Å²) in [5.74, 6) is 0.695. The minimum atomic E-state index is -1.04. The zero-order valence-corrected chi connectivity index (χ0v) is 23.0. The summed E-state index contributed by atoms with van der Waals surface area (Å²) in [5, 5.41) is 25.9. The maximum Gasteiger partial charge on any atom is 0.166 e. The van der Waals surface area contributed by atoms with Crippen molar-refractivity contribution in [1.29, 1.82) is 0 Å². The van der Waals surface area contributed by atoms with Gasteiger partial charge in [0, 0.05) is 53.6 Å². The van der Waals surface area contributed by atoms with E-state index in [-0.39, 0.29) is 24.2 Å². The van der Waals surface area contributed by atoms with E-state index in [0.29, 0.717) is 18.7 Å². The Morgan fingerprint density at radius 1 is 1.10 bits per heavy atom. The average molecular weight is 562 g/mol. The van der Waals surface area contributed by atoms with Gasteiger partial charge in [0.1, 0.15) is 0 Å². The molecule has 1 aromatic heterocycles. The molecular weight excluding hydrogens is 531 g/mol. The van der Waals surface area contributed by atoms with Crippen LogP contribution in [-0.2, 0) is 24.8 Å². The van der Waals surface area contributed by atoms with Crippen molar-refractivity contribution in [3.63, 3.8) is 0 Å². The van der Waals surface area contributed by atoms with Crippen LogP contribution in [0.5, 0.6) is 11.5 Å². The number of phenols is 1. The topological polar surface area (TPSA) is 57.9 Å². The van der Waals surface area contributed by atoms with Crippen molar-refractivity contribution < 1.29 is 14.9 Å². The van der Waals surface area contributed by atoms with E-state index in [1.54, 1.807) is 6.07 Å². The Morgan fingerprint density at radius 2 is 1.90 bits per heavy atom. The molecule has 0 amide bonds. The van der Waals surface area contributed by atoms with E-state index >= 15 is 0 Å². The van der Waals surface area contributed by atoms with Gasteiger partial charge in [-0.3, -0.25) is 4.90 Å². The van der Waals surface area contributed by atoms with Gasteiger partial charge in [-0.1, -0.05) is 60.1 Å². The monoisotopic (exact) mass is 560 g/mol. The lowest BCUT2D eigenvalue weighted by Crippen LogP contribution is -2.74. The number of rotatable bonds is 4. The van der Waals surface area contributed by atoms with Crippen LogP contribution in [0.2, 0.25) is 5.02 Å². The first-order valence-corrected chi connectivity index (χ1v) is 13.8. The van der Waals surface area contributed by atoms with E-state index in [1.807, 2.05) is 30.3 Å². The van der Waals surface area contributed by atoms with Gasteiger partial charge < -0.3 is 19.5 Å². The molecule has 4 atom stereocenters. The summed E-state index contributed by atoms with van der Waals surface area (Å²) in [4.78, 5) is 2.39. The lowest BCUT2D eigenvalue weighted by Gasteiger charge is -2.62. The van der Waals surface area contributed by atoms with Gasteiger partial charge in [0.15, 0.2) is 17.6 Å². The zero-order chi connectivity index (χ0) is 25.8. The Labute approximate surface area is 238 Å². The van der Waals surface area contributed by atoms with Crippen LogP contribution in [0.15, 0.2) is 73.3 Å². The lowest BCUT2D eigenvalue weighted by molar-refractivity contribution is -0.171. The molecule has 200 valence electrons. The SMILES string of the molecule is C=CCN1CC[C@]23c4c5ccc(O)c4O[C@H]2c2c(c4ccccc4n2Cc2ccccc2Cl)C[C@@]3(O)[C@H]1C5.Cl. The number of phenolic OH excluding ortho intramolecular Hbond substituents is 1. The van der Waals surface area contributed by atoms with Gasteiger partial charge in [-0.15, -0.1) is 19.0 Å².